The standard InChI is InChI=1S/C15H20ClN5/c1-2-10-5-3-4-6-14(10)21-15(18-19-20-21)11-7-8-12(16)13(17)9-11/h7-10,14H,2-6,17H2,1H3. The van der Waals surface area contributed by atoms with E-state index in [0.717, 1.165) is 24.2 Å². The fourth-order valence-electron chi connectivity index (χ4n) is 3.28. The molecule has 1 fully saturated rings. The maximum absolute atomic E-state index is 5.99. The molecule has 2 unspecified atom stereocenters. The Labute approximate surface area is 129 Å². The summed E-state index contributed by atoms with van der Waals surface area (Å²) < 4.78 is 1.98. The Kier molecular flexibility index (Phi) is 4.10. The van der Waals surface area contributed by atoms with Gasteiger partial charge in [-0.2, -0.15) is 0 Å². The number of rotatable bonds is 3. The molecular weight excluding hydrogens is 286 g/mol. The van der Waals surface area contributed by atoms with Crippen LogP contribution in [0.2, 0.25) is 5.02 Å². The Morgan fingerprint density at radius 2 is 2.14 bits per heavy atom. The summed E-state index contributed by atoms with van der Waals surface area (Å²) >= 11 is 5.99. The van der Waals surface area contributed by atoms with Crippen molar-refractivity contribution in [1.29, 1.82) is 0 Å². The van der Waals surface area contributed by atoms with E-state index < -0.39 is 0 Å². The van der Waals surface area contributed by atoms with E-state index in [1.54, 1.807) is 6.07 Å². The van der Waals surface area contributed by atoms with Crippen LogP contribution in [-0.4, -0.2) is 20.2 Å². The third-order valence-electron chi connectivity index (χ3n) is 4.45. The number of hydrogen-bond donors (Lipinski definition) is 1. The summed E-state index contributed by atoms with van der Waals surface area (Å²) in [4.78, 5) is 0. The minimum atomic E-state index is 0.380. The van der Waals surface area contributed by atoms with Gasteiger partial charge in [0.2, 0.25) is 0 Å². The Morgan fingerprint density at radius 1 is 1.33 bits per heavy atom. The number of nitrogens with zero attached hydrogens (tertiary/aromatic N) is 4. The number of hydrogen-bond acceptors (Lipinski definition) is 4. The second-order valence-electron chi connectivity index (χ2n) is 5.70. The number of anilines is 1. The third kappa shape index (κ3) is 2.75. The molecule has 0 amide bonds. The van der Waals surface area contributed by atoms with Gasteiger partial charge in [-0.25, -0.2) is 4.68 Å². The molecule has 1 aromatic heterocycles. The van der Waals surface area contributed by atoms with Crippen molar-refractivity contribution in [3.63, 3.8) is 0 Å². The Bertz CT molecular complexity index is 624. The van der Waals surface area contributed by atoms with Gasteiger partial charge in [0.15, 0.2) is 5.82 Å². The molecule has 1 saturated carbocycles. The van der Waals surface area contributed by atoms with E-state index in [2.05, 4.69) is 22.4 Å². The molecule has 0 saturated heterocycles. The van der Waals surface area contributed by atoms with Crippen LogP contribution in [0.4, 0.5) is 5.69 Å². The van der Waals surface area contributed by atoms with E-state index in [0.29, 0.717) is 22.7 Å². The predicted molar refractivity (Wildman–Crippen MR) is 84.0 cm³/mol. The van der Waals surface area contributed by atoms with Crippen LogP contribution in [0.25, 0.3) is 11.4 Å². The Balaban J connectivity index is 1.98. The molecule has 1 aliphatic rings. The van der Waals surface area contributed by atoms with Gasteiger partial charge in [-0.1, -0.05) is 37.8 Å². The maximum atomic E-state index is 5.99. The summed E-state index contributed by atoms with van der Waals surface area (Å²) in [5.41, 5.74) is 7.37. The number of tetrazole rings is 1. The molecule has 1 heterocycles. The molecular formula is C15H20ClN5. The third-order valence-corrected chi connectivity index (χ3v) is 4.80. The first kappa shape index (κ1) is 14.3. The SMILES string of the molecule is CCC1CCCCC1n1nnnc1-c1ccc(Cl)c(N)c1. The zero-order valence-electron chi connectivity index (χ0n) is 12.2. The summed E-state index contributed by atoms with van der Waals surface area (Å²) in [5, 5.41) is 12.9. The topological polar surface area (TPSA) is 69.6 Å². The van der Waals surface area contributed by atoms with Crippen LogP contribution in [-0.2, 0) is 0 Å². The van der Waals surface area contributed by atoms with Gasteiger partial charge >= 0.3 is 0 Å². The van der Waals surface area contributed by atoms with Crippen LogP contribution in [0.3, 0.4) is 0 Å². The van der Waals surface area contributed by atoms with E-state index in [1.165, 1.54) is 19.3 Å². The van der Waals surface area contributed by atoms with Crippen molar-refractivity contribution in [2.24, 2.45) is 5.92 Å². The normalized spacial score (nSPS) is 22.4. The highest BCUT2D eigenvalue weighted by Crippen LogP contribution is 2.37. The first-order valence-corrected chi connectivity index (χ1v) is 7.91. The van der Waals surface area contributed by atoms with Gasteiger partial charge in [-0.3, -0.25) is 0 Å². The van der Waals surface area contributed by atoms with Crippen molar-refractivity contribution in [1.82, 2.24) is 20.2 Å². The minimum absolute atomic E-state index is 0.380. The second-order valence-corrected chi connectivity index (χ2v) is 6.11. The highest BCUT2D eigenvalue weighted by atomic mass is 35.5. The van der Waals surface area contributed by atoms with Gasteiger partial charge in [-0.15, -0.1) is 5.10 Å². The van der Waals surface area contributed by atoms with Gasteiger partial charge in [0.05, 0.1) is 16.8 Å². The lowest BCUT2D eigenvalue weighted by atomic mass is 9.83. The maximum Gasteiger partial charge on any atom is 0.182 e. The lowest BCUT2D eigenvalue weighted by Crippen LogP contribution is -2.24. The lowest BCUT2D eigenvalue weighted by Gasteiger charge is -2.31. The fraction of sp³-hybridized carbons (Fsp3) is 0.533. The molecule has 2 atom stereocenters. The van der Waals surface area contributed by atoms with E-state index in [4.69, 9.17) is 17.3 Å². The molecule has 2 N–H and O–H groups in total. The summed E-state index contributed by atoms with van der Waals surface area (Å²) in [5.74, 6) is 1.43. The molecule has 0 aliphatic heterocycles. The molecule has 5 nitrogen and oxygen atoms in total. The van der Waals surface area contributed by atoms with Crippen LogP contribution >= 0.6 is 11.6 Å². The van der Waals surface area contributed by atoms with Crippen LogP contribution in [0.1, 0.15) is 45.1 Å². The number of nitrogen functional groups attached to an aromatic ring is 1. The van der Waals surface area contributed by atoms with Gasteiger partial charge in [-0.05, 0) is 47.4 Å². The highest BCUT2D eigenvalue weighted by molar-refractivity contribution is 6.33. The first-order valence-electron chi connectivity index (χ1n) is 7.54. The molecule has 1 aromatic carbocycles. The molecule has 1 aliphatic carbocycles. The number of benzene rings is 1. The minimum Gasteiger partial charge on any atom is -0.398 e. The van der Waals surface area contributed by atoms with Crippen LogP contribution < -0.4 is 5.73 Å². The van der Waals surface area contributed by atoms with Crippen molar-refractivity contribution in [3.05, 3.63) is 23.2 Å². The van der Waals surface area contributed by atoms with Crippen molar-refractivity contribution in [3.8, 4) is 11.4 Å². The molecule has 6 heteroatoms. The molecule has 2 aromatic rings. The molecule has 112 valence electrons. The van der Waals surface area contributed by atoms with Gasteiger partial charge < -0.3 is 5.73 Å². The second kappa shape index (κ2) is 6.02. The van der Waals surface area contributed by atoms with Crippen molar-refractivity contribution >= 4 is 17.3 Å². The average molecular weight is 306 g/mol. The summed E-state index contributed by atoms with van der Waals surface area (Å²) in [6, 6.07) is 5.94. The quantitative estimate of drug-likeness (QED) is 0.877. The van der Waals surface area contributed by atoms with Gasteiger partial charge in [0.1, 0.15) is 0 Å². The monoisotopic (exact) mass is 305 g/mol. The average Bonchev–Trinajstić information content (AvgIpc) is 2.99. The predicted octanol–water partition coefficient (Wildman–Crippen LogP) is 3.72. The fourth-order valence-corrected chi connectivity index (χ4v) is 3.39. The zero-order valence-corrected chi connectivity index (χ0v) is 12.9. The number of aromatic nitrogens is 4. The summed E-state index contributed by atoms with van der Waals surface area (Å²) in [7, 11) is 0. The van der Waals surface area contributed by atoms with Gasteiger partial charge in [0, 0.05) is 5.56 Å². The van der Waals surface area contributed by atoms with Crippen molar-refractivity contribution < 1.29 is 0 Å². The van der Waals surface area contributed by atoms with E-state index in [-0.39, 0.29) is 0 Å². The first-order chi connectivity index (χ1) is 10.2. The van der Waals surface area contributed by atoms with Crippen LogP contribution in [0, 0.1) is 5.92 Å². The van der Waals surface area contributed by atoms with E-state index >= 15 is 0 Å². The molecule has 21 heavy (non-hydrogen) atoms. The Hall–Kier alpha value is -1.62. The lowest BCUT2D eigenvalue weighted by molar-refractivity contribution is 0.216. The van der Waals surface area contributed by atoms with E-state index in [1.807, 2.05) is 16.8 Å². The molecule has 3 rings (SSSR count). The summed E-state index contributed by atoms with van der Waals surface area (Å²) in [6.07, 6.45) is 6.10. The number of halogens is 1. The van der Waals surface area contributed by atoms with Crippen LogP contribution in [0.5, 0.6) is 0 Å². The molecule has 0 bridgehead atoms. The zero-order chi connectivity index (χ0) is 14.8. The number of nitrogens with two attached hydrogens (primary N) is 1. The highest BCUT2D eigenvalue weighted by Gasteiger charge is 2.28. The van der Waals surface area contributed by atoms with Crippen LogP contribution in [0.15, 0.2) is 18.2 Å². The van der Waals surface area contributed by atoms with Gasteiger partial charge in [0.25, 0.3) is 0 Å². The smallest absolute Gasteiger partial charge is 0.182 e. The Morgan fingerprint density at radius 3 is 2.90 bits per heavy atom. The van der Waals surface area contributed by atoms with Crippen molar-refractivity contribution in [2.75, 3.05) is 5.73 Å². The van der Waals surface area contributed by atoms with Crippen molar-refractivity contribution in [2.45, 2.75) is 45.1 Å². The van der Waals surface area contributed by atoms with E-state index in [9.17, 15) is 0 Å². The largest absolute Gasteiger partial charge is 0.398 e. The summed E-state index contributed by atoms with van der Waals surface area (Å²) in [6.45, 7) is 2.24. The molecule has 0 radical (unpaired) electrons. The molecule has 0 spiro atoms.